The van der Waals surface area contributed by atoms with Crippen LogP contribution in [-0.4, -0.2) is 11.9 Å². The molecular formula is C24H36Na2O4. The SMILES string of the molecule is CCCCCCCCCCCCCCCCc1cc(C(=O)[O-])ccc1C(=O)[O-].[Na+].[Na+]. The first-order chi connectivity index (χ1) is 13.6. The van der Waals surface area contributed by atoms with Crippen molar-refractivity contribution < 1.29 is 78.9 Å². The van der Waals surface area contributed by atoms with E-state index < -0.39 is 11.9 Å². The molecule has 0 heterocycles. The van der Waals surface area contributed by atoms with Gasteiger partial charge in [0, 0.05) is 5.56 Å². The Morgan fingerprint density at radius 2 is 1.10 bits per heavy atom. The summed E-state index contributed by atoms with van der Waals surface area (Å²) in [6, 6.07) is 3.97. The van der Waals surface area contributed by atoms with E-state index in [1.54, 1.807) is 0 Å². The van der Waals surface area contributed by atoms with Crippen LogP contribution in [0.15, 0.2) is 18.2 Å². The van der Waals surface area contributed by atoms with Crippen LogP contribution in [0.25, 0.3) is 0 Å². The molecule has 0 spiro atoms. The van der Waals surface area contributed by atoms with Crippen molar-refractivity contribution in [3.63, 3.8) is 0 Å². The first-order valence-corrected chi connectivity index (χ1v) is 11.1. The molecule has 0 atom stereocenters. The average Bonchev–Trinajstić information content (AvgIpc) is 2.67. The molecular weight excluding hydrogens is 398 g/mol. The Kier molecular flexibility index (Phi) is 22.7. The zero-order chi connectivity index (χ0) is 20.6. The molecule has 0 saturated carbocycles. The molecule has 0 aliphatic rings. The van der Waals surface area contributed by atoms with Crippen molar-refractivity contribution in [3.05, 3.63) is 34.9 Å². The van der Waals surface area contributed by atoms with E-state index in [1.165, 1.54) is 88.8 Å². The average molecular weight is 435 g/mol. The summed E-state index contributed by atoms with van der Waals surface area (Å²) in [5, 5.41) is 22.1. The number of aryl methyl sites for hydroxylation is 1. The van der Waals surface area contributed by atoms with Crippen LogP contribution >= 0.6 is 0 Å². The predicted octanol–water partition coefficient (Wildman–Crippen LogP) is -1.55. The molecule has 0 fully saturated rings. The zero-order valence-electron chi connectivity index (χ0n) is 19.5. The van der Waals surface area contributed by atoms with E-state index in [0.717, 1.165) is 19.3 Å². The summed E-state index contributed by atoms with van der Waals surface area (Å²) >= 11 is 0. The molecule has 4 nitrogen and oxygen atoms in total. The fourth-order valence-electron chi connectivity index (χ4n) is 3.64. The number of aromatic carboxylic acids is 2. The van der Waals surface area contributed by atoms with Gasteiger partial charge in [0.15, 0.2) is 0 Å². The molecule has 0 radical (unpaired) electrons. The van der Waals surface area contributed by atoms with Crippen molar-refractivity contribution in [1.82, 2.24) is 0 Å². The van der Waals surface area contributed by atoms with Gasteiger partial charge in [-0.25, -0.2) is 0 Å². The number of benzene rings is 1. The summed E-state index contributed by atoms with van der Waals surface area (Å²) in [7, 11) is 0. The van der Waals surface area contributed by atoms with Crippen molar-refractivity contribution in [3.8, 4) is 0 Å². The maximum Gasteiger partial charge on any atom is 1.00 e. The van der Waals surface area contributed by atoms with Crippen molar-refractivity contribution in [2.24, 2.45) is 0 Å². The van der Waals surface area contributed by atoms with E-state index in [1.807, 2.05) is 0 Å². The Balaban J connectivity index is 0. The van der Waals surface area contributed by atoms with E-state index in [-0.39, 0.29) is 70.2 Å². The summed E-state index contributed by atoms with van der Waals surface area (Å²) < 4.78 is 0. The third kappa shape index (κ3) is 15.0. The molecule has 158 valence electrons. The maximum absolute atomic E-state index is 11.2. The van der Waals surface area contributed by atoms with Crippen LogP contribution in [0.2, 0.25) is 0 Å². The van der Waals surface area contributed by atoms with Crippen LogP contribution in [0.3, 0.4) is 0 Å². The number of carboxylic acid groups (broad SMARTS) is 2. The van der Waals surface area contributed by atoms with Crippen molar-refractivity contribution in [2.75, 3.05) is 0 Å². The molecule has 0 aromatic heterocycles. The fourth-order valence-corrected chi connectivity index (χ4v) is 3.64. The summed E-state index contributed by atoms with van der Waals surface area (Å²) in [5.74, 6) is -2.54. The predicted molar refractivity (Wildman–Crippen MR) is 109 cm³/mol. The molecule has 30 heavy (non-hydrogen) atoms. The van der Waals surface area contributed by atoms with Gasteiger partial charge in [-0.1, -0.05) is 103 Å². The fraction of sp³-hybridized carbons (Fsp3) is 0.667. The summed E-state index contributed by atoms with van der Waals surface area (Å²) in [4.78, 5) is 22.1. The van der Waals surface area contributed by atoms with Crippen LogP contribution in [-0.2, 0) is 6.42 Å². The Morgan fingerprint density at radius 1 is 0.667 bits per heavy atom. The standard InChI is InChI=1S/C24H38O4.2Na/c1-2-3-4-5-6-7-8-9-10-11-12-13-14-15-16-20-19-21(23(25)26)17-18-22(20)24(27)28;;/h17-19H,2-16H2,1H3,(H,25,26)(H,27,28);;/q;2*+1/p-2. The normalized spacial score (nSPS) is 10.2. The van der Waals surface area contributed by atoms with Gasteiger partial charge in [-0.3, -0.25) is 0 Å². The third-order valence-electron chi connectivity index (χ3n) is 5.36. The van der Waals surface area contributed by atoms with Crippen LogP contribution < -0.4 is 69.3 Å². The van der Waals surface area contributed by atoms with Gasteiger partial charge in [0.05, 0.1) is 11.9 Å². The van der Waals surface area contributed by atoms with E-state index in [4.69, 9.17) is 0 Å². The van der Waals surface area contributed by atoms with Crippen molar-refractivity contribution in [1.29, 1.82) is 0 Å². The number of hydrogen-bond acceptors (Lipinski definition) is 4. The zero-order valence-corrected chi connectivity index (χ0v) is 23.5. The molecule has 0 aliphatic carbocycles. The number of carboxylic acids is 2. The summed E-state index contributed by atoms with van der Waals surface area (Å²) in [6.45, 7) is 2.25. The van der Waals surface area contributed by atoms with Gasteiger partial charge in [-0.15, -0.1) is 0 Å². The van der Waals surface area contributed by atoms with E-state index in [2.05, 4.69) is 6.92 Å². The quantitative estimate of drug-likeness (QED) is 0.220. The smallest absolute Gasteiger partial charge is 0.545 e. The van der Waals surface area contributed by atoms with Crippen LogP contribution in [0.5, 0.6) is 0 Å². The molecule has 0 aliphatic heterocycles. The largest absolute Gasteiger partial charge is 1.00 e. The second-order valence-corrected chi connectivity index (χ2v) is 7.79. The number of carbonyl (C=O) groups excluding carboxylic acids is 2. The van der Waals surface area contributed by atoms with Gasteiger partial charge in [0.2, 0.25) is 0 Å². The minimum atomic E-state index is -1.29. The minimum absolute atomic E-state index is 0. The van der Waals surface area contributed by atoms with Crippen LogP contribution in [0, 0.1) is 0 Å². The van der Waals surface area contributed by atoms with E-state index >= 15 is 0 Å². The van der Waals surface area contributed by atoms with E-state index in [9.17, 15) is 19.8 Å². The molecule has 0 amide bonds. The van der Waals surface area contributed by atoms with E-state index in [0.29, 0.717) is 12.0 Å². The Morgan fingerprint density at radius 3 is 1.50 bits per heavy atom. The molecule has 1 rings (SSSR count). The van der Waals surface area contributed by atoms with Gasteiger partial charge in [-0.05, 0) is 30.0 Å². The van der Waals surface area contributed by atoms with Gasteiger partial charge < -0.3 is 19.8 Å². The molecule has 1 aromatic rings. The molecule has 0 bridgehead atoms. The number of rotatable bonds is 17. The summed E-state index contributed by atoms with van der Waals surface area (Å²) in [6.07, 6.45) is 18.3. The third-order valence-corrected chi connectivity index (χ3v) is 5.36. The number of unbranched alkanes of at least 4 members (excludes halogenated alkanes) is 13. The topological polar surface area (TPSA) is 80.3 Å². The molecule has 1 aromatic carbocycles. The molecule has 0 N–H and O–H groups in total. The van der Waals surface area contributed by atoms with Crippen molar-refractivity contribution >= 4 is 11.9 Å². The van der Waals surface area contributed by atoms with Gasteiger partial charge in [-0.2, -0.15) is 0 Å². The van der Waals surface area contributed by atoms with Gasteiger partial charge >= 0.3 is 59.1 Å². The summed E-state index contributed by atoms with van der Waals surface area (Å²) in [5.41, 5.74) is 0.630. The number of hydrogen-bond donors (Lipinski definition) is 0. The minimum Gasteiger partial charge on any atom is -0.545 e. The Hall–Kier alpha value is 0.160. The molecule has 0 unspecified atom stereocenters. The molecule has 6 heteroatoms. The second kappa shape index (κ2) is 21.0. The van der Waals surface area contributed by atoms with Gasteiger partial charge in [0.25, 0.3) is 0 Å². The Bertz CT molecular complexity index is 591. The second-order valence-electron chi connectivity index (χ2n) is 7.79. The van der Waals surface area contributed by atoms with Crippen LogP contribution in [0.1, 0.15) is 123 Å². The van der Waals surface area contributed by atoms with Crippen molar-refractivity contribution in [2.45, 2.75) is 103 Å². The first kappa shape index (κ1) is 32.3. The Labute approximate surface area is 227 Å². The monoisotopic (exact) mass is 434 g/mol. The van der Waals surface area contributed by atoms with Gasteiger partial charge in [0.1, 0.15) is 0 Å². The molecule has 0 saturated heterocycles. The first-order valence-electron chi connectivity index (χ1n) is 11.1. The number of carbonyl (C=O) groups is 2. The maximum atomic E-state index is 11.2. The van der Waals surface area contributed by atoms with Crippen LogP contribution in [0.4, 0.5) is 0 Å².